The first-order chi connectivity index (χ1) is 11.4. The van der Waals surface area contributed by atoms with Crippen LogP contribution in [0.1, 0.15) is 102 Å². The zero-order chi connectivity index (χ0) is 16.4. The third kappa shape index (κ3) is 13.1. The highest BCUT2D eigenvalue weighted by atomic mass is 14.0. The Morgan fingerprint density at radius 2 is 1.30 bits per heavy atom. The summed E-state index contributed by atoms with van der Waals surface area (Å²) >= 11 is 0. The second kappa shape index (κ2) is 15.8. The molecule has 0 aliphatic heterocycles. The Morgan fingerprint density at radius 1 is 0.739 bits per heavy atom. The fourth-order valence-electron chi connectivity index (χ4n) is 3.00. The maximum absolute atomic E-state index is 3.23. The van der Waals surface area contributed by atoms with E-state index in [-0.39, 0.29) is 0 Å². The van der Waals surface area contributed by atoms with Crippen molar-refractivity contribution in [3.05, 3.63) is 42.0 Å². The summed E-state index contributed by atoms with van der Waals surface area (Å²) in [7, 11) is 0. The fourth-order valence-corrected chi connectivity index (χ4v) is 3.00. The number of hydrogen-bond donors (Lipinski definition) is 0. The largest absolute Gasteiger partial charge is 0.0839 e. The van der Waals surface area contributed by atoms with Gasteiger partial charge in [0.25, 0.3) is 0 Å². The minimum atomic E-state index is 1.20. The fraction of sp³-hybridized carbons (Fsp3) is 0.652. The molecule has 0 nitrogen and oxygen atoms in total. The average Bonchev–Trinajstić information content (AvgIpc) is 2.59. The molecule has 0 unspecified atom stereocenters. The van der Waals surface area contributed by atoms with Gasteiger partial charge >= 0.3 is 0 Å². The topological polar surface area (TPSA) is 0 Å². The van der Waals surface area contributed by atoms with Gasteiger partial charge in [-0.1, -0.05) is 120 Å². The van der Waals surface area contributed by atoms with E-state index in [0.29, 0.717) is 0 Å². The van der Waals surface area contributed by atoms with Gasteiger partial charge in [-0.05, 0) is 24.5 Å². The monoisotopic (exact) mass is 313 g/mol. The highest BCUT2D eigenvalue weighted by Gasteiger charge is 1.93. The molecule has 1 radical (unpaired) electrons. The lowest BCUT2D eigenvalue weighted by molar-refractivity contribution is 0.540. The number of benzene rings is 1. The van der Waals surface area contributed by atoms with Crippen LogP contribution in [-0.4, -0.2) is 0 Å². The average molecular weight is 314 g/mol. The molecule has 0 amide bonds. The molecular weight excluding hydrogens is 276 g/mol. The third-order valence-electron chi connectivity index (χ3n) is 4.50. The summed E-state index contributed by atoms with van der Waals surface area (Å²) < 4.78 is 0. The zero-order valence-electron chi connectivity index (χ0n) is 15.4. The standard InChI is InChI=1S/C23H37/c1-2-3-4-5-6-7-8-9-10-11-12-13-14-15-17-20-23-21-18-16-19-22-23/h16-21H,2-15H2,1H3. The van der Waals surface area contributed by atoms with Gasteiger partial charge in [0.05, 0.1) is 0 Å². The Kier molecular flexibility index (Phi) is 13.8. The van der Waals surface area contributed by atoms with Crippen LogP contribution < -0.4 is 0 Å². The SMILES string of the molecule is CCCCCCCCCCCCCCCC=Cc1[c]cccc1. The molecule has 1 aromatic rings. The van der Waals surface area contributed by atoms with Crippen LogP contribution in [0, 0.1) is 6.07 Å². The van der Waals surface area contributed by atoms with Crippen LogP contribution in [0.5, 0.6) is 0 Å². The maximum atomic E-state index is 3.23. The number of hydrogen-bond acceptors (Lipinski definition) is 0. The van der Waals surface area contributed by atoms with E-state index in [1.54, 1.807) is 0 Å². The summed E-state index contributed by atoms with van der Waals surface area (Å²) in [4.78, 5) is 0. The van der Waals surface area contributed by atoms with Gasteiger partial charge in [-0.3, -0.25) is 0 Å². The normalized spacial score (nSPS) is 11.3. The lowest BCUT2D eigenvalue weighted by Gasteiger charge is -2.02. The van der Waals surface area contributed by atoms with Gasteiger partial charge in [0, 0.05) is 0 Å². The second-order valence-corrected chi connectivity index (χ2v) is 6.75. The Morgan fingerprint density at radius 3 is 1.83 bits per heavy atom. The van der Waals surface area contributed by atoms with Crippen LogP contribution >= 0.6 is 0 Å². The minimum absolute atomic E-state index is 1.20. The van der Waals surface area contributed by atoms with E-state index >= 15 is 0 Å². The number of allylic oxidation sites excluding steroid dienone is 1. The molecule has 1 aromatic carbocycles. The van der Waals surface area contributed by atoms with E-state index in [0.717, 1.165) is 0 Å². The smallest absolute Gasteiger partial charge is 0.0106 e. The van der Waals surface area contributed by atoms with E-state index < -0.39 is 0 Å². The van der Waals surface area contributed by atoms with Gasteiger partial charge < -0.3 is 0 Å². The first kappa shape index (κ1) is 20.0. The Labute approximate surface area is 145 Å². The molecule has 0 fully saturated rings. The van der Waals surface area contributed by atoms with Crippen molar-refractivity contribution in [1.82, 2.24) is 0 Å². The molecule has 0 spiro atoms. The lowest BCUT2D eigenvalue weighted by Crippen LogP contribution is -1.82. The van der Waals surface area contributed by atoms with Crippen LogP contribution in [0.3, 0.4) is 0 Å². The molecule has 0 saturated carbocycles. The molecule has 129 valence electrons. The zero-order valence-corrected chi connectivity index (χ0v) is 15.4. The van der Waals surface area contributed by atoms with Crippen molar-refractivity contribution < 1.29 is 0 Å². The molecule has 0 heterocycles. The van der Waals surface area contributed by atoms with E-state index in [1.807, 2.05) is 12.1 Å². The Balaban J connectivity index is 1.77. The third-order valence-corrected chi connectivity index (χ3v) is 4.50. The summed E-state index contributed by atoms with van der Waals surface area (Å²) in [5.74, 6) is 0. The molecule has 1 rings (SSSR count). The van der Waals surface area contributed by atoms with Crippen molar-refractivity contribution in [3.8, 4) is 0 Å². The lowest BCUT2D eigenvalue weighted by atomic mass is 10.0. The number of rotatable bonds is 15. The van der Waals surface area contributed by atoms with Crippen molar-refractivity contribution >= 4 is 6.08 Å². The number of unbranched alkanes of at least 4 members (excludes halogenated alkanes) is 13. The van der Waals surface area contributed by atoms with Crippen molar-refractivity contribution in [2.45, 2.75) is 96.8 Å². The van der Waals surface area contributed by atoms with Crippen molar-refractivity contribution in [3.63, 3.8) is 0 Å². The van der Waals surface area contributed by atoms with Gasteiger partial charge in [-0.2, -0.15) is 0 Å². The van der Waals surface area contributed by atoms with E-state index in [4.69, 9.17) is 0 Å². The van der Waals surface area contributed by atoms with Crippen LogP contribution in [0.4, 0.5) is 0 Å². The maximum Gasteiger partial charge on any atom is -0.0106 e. The highest BCUT2D eigenvalue weighted by Crippen LogP contribution is 2.13. The van der Waals surface area contributed by atoms with E-state index in [9.17, 15) is 0 Å². The minimum Gasteiger partial charge on any atom is -0.0839 e. The Bertz CT molecular complexity index is 363. The van der Waals surface area contributed by atoms with Gasteiger partial charge in [0.1, 0.15) is 0 Å². The predicted octanol–water partition coefficient (Wildman–Crippen LogP) is 7.98. The summed E-state index contributed by atoms with van der Waals surface area (Å²) in [6, 6.07) is 11.4. The molecular formula is C23H37. The molecule has 0 heteroatoms. The van der Waals surface area contributed by atoms with Gasteiger partial charge in [-0.15, -0.1) is 0 Å². The highest BCUT2D eigenvalue weighted by molar-refractivity contribution is 5.47. The summed E-state index contributed by atoms with van der Waals surface area (Å²) in [6.07, 6.45) is 24.3. The first-order valence-electron chi connectivity index (χ1n) is 10.1. The van der Waals surface area contributed by atoms with Gasteiger partial charge in [0.2, 0.25) is 0 Å². The van der Waals surface area contributed by atoms with Crippen LogP contribution in [0.2, 0.25) is 0 Å². The molecule has 0 aliphatic rings. The molecule has 23 heavy (non-hydrogen) atoms. The summed E-state index contributed by atoms with van der Waals surface area (Å²) in [5, 5.41) is 0. The molecule has 0 N–H and O–H groups in total. The van der Waals surface area contributed by atoms with Gasteiger partial charge in [0.15, 0.2) is 0 Å². The predicted molar refractivity (Wildman–Crippen MR) is 105 cm³/mol. The van der Waals surface area contributed by atoms with E-state index in [1.165, 1.54) is 95.5 Å². The first-order valence-corrected chi connectivity index (χ1v) is 10.1. The van der Waals surface area contributed by atoms with Crippen LogP contribution in [0.15, 0.2) is 30.3 Å². The summed E-state index contributed by atoms with van der Waals surface area (Å²) in [6.45, 7) is 2.29. The molecule has 0 aliphatic carbocycles. The Hall–Kier alpha value is -1.04. The summed E-state index contributed by atoms with van der Waals surface area (Å²) in [5.41, 5.74) is 1.20. The van der Waals surface area contributed by atoms with E-state index in [2.05, 4.69) is 37.3 Å². The molecule has 0 aromatic heterocycles. The van der Waals surface area contributed by atoms with Gasteiger partial charge in [-0.25, -0.2) is 0 Å². The molecule has 0 saturated heterocycles. The van der Waals surface area contributed by atoms with Crippen molar-refractivity contribution in [2.24, 2.45) is 0 Å². The molecule has 0 atom stereocenters. The molecule has 0 bridgehead atoms. The quantitative estimate of drug-likeness (QED) is 0.288. The van der Waals surface area contributed by atoms with Crippen LogP contribution in [-0.2, 0) is 0 Å². The second-order valence-electron chi connectivity index (χ2n) is 6.75. The van der Waals surface area contributed by atoms with Crippen molar-refractivity contribution in [1.29, 1.82) is 0 Å². The van der Waals surface area contributed by atoms with Crippen molar-refractivity contribution in [2.75, 3.05) is 0 Å². The van der Waals surface area contributed by atoms with Crippen LogP contribution in [0.25, 0.3) is 6.08 Å².